The van der Waals surface area contributed by atoms with Crippen LogP contribution < -0.4 is 0 Å². The Morgan fingerprint density at radius 2 is 2.33 bits per heavy atom. The molecular formula is C8H6BrIN2. The minimum Gasteiger partial charge on any atom is -0.324 e. The van der Waals surface area contributed by atoms with Crippen LogP contribution in [0.3, 0.4) is 0 Å². The third-order valence-corrected chi connectivity index (χ3v) is 3.54. The molecule has 2 aromatic heterocycles. The van der Waals surface area contributed by atoms with Crippen LogP contribution in [-0.4, -0.2) is 9.55 Å². The highest BCUT2D eigenvalue weighted by Crippen LogP contribution is 2.25. The Kier molecular flexibility index (Phi) is 2.12. The highest BCUT2D eigenvalue weighted by Gasteiger charge is 2.05. The van der Waals surface area contributed by atoms with Crippen molar-refractivity contribution in [3.8, 4) is 0 Å². The lowest BCUT2D eigenvalue weighted by molar-refractivity contribution is 0.919. The minimum absolute atomic E-state index is 1.02. The molecule has 0 amide bonds. The second-order valence-electron chi connectivity index (χ2n) is 2.56. The van der Waals surface area contributed by atoms with E-state index in [1.807, 2.05) is 19.3 Å². The fourth-order valence-corrected chi connectivity index (χ4v) is 2.11. The van der Waals surface area contributed by atoms with Gasteiger partial charge in [-0.05, 0) is 50.7 Å². The molecule has 2 rings (SSSR count). The van der Waals surface area contributed by atoms with Gasteiger partial charge in [0, 0.05) is 23.1 Å². The zero-order chi connectivity index (χ0) is 8.72. The molecule has 0 saturated heterocycles. The van der Waals surface area contributed by atoms with Gasteiger partial charge in [0.05, 0.1) is 3.70 Å². The molecule has 0 aliphatic rings. The van der Waals surface area contributed by atoms with Crippen LogP contribution in [-0.2, 0) is 7.05 Å². The van der Waals surface area contributed by atoms with Crippen molar-refractivity contribution in [2.24, 2.45) is 7.05 Å². The number of hydrogen-bond acceptors (Lipinski definition) is 1. The normalized spacial score (nSPS) is 10.9. The lowest BCUT2D eigenvalue weighted by Gasteiger charge is -1.96. The van der Waals surface area contributed by atoms with Crippen LogP contribution in [0.15, 0.2) is 22.8 Å². The zero-order valence-electron chi connectivity index (χ0n) is 6.38. The van der Waals surface area contributed by atoms with E-state index in [2.05, 4.69) is 54.1 Å². The Hall–Kier alpha value is -0.100. The van der Waals surface area contributed by atoms with Crippen LogP contribution in [0.5, 0.6) is 0 Å². The first-order valence-corrected chi connectivity index (χ1v) is 5.33. The van der Waals surface area contributed by atoms with Gasteiger partial charge in [0.25, 0.3) is 0 Å². The standard InChI is InChI=1S/C8H6BrIN2/c1-12-7(10)4-5-6(9)2-3-11-8(5)12/h2-4H,1H3. The predicted octanol–water partition coefficient (Wildman–Crippen LogP) is 2.94. The molecule has 0 bridgehead atoms. The quantitative estimate of drug-likeness (QED) is 0.676. The van der Waals surface area contributed by atoms with Crippen molar-refractivity contribution >= 4 is 49.6 Å². The second-order valence-corrected chi connectivity index (χ2v) is 4.52. The first kappa shape index (κ1) is 8.50. The molecule has 0 aromatic carbocycles. The van der Waals surface area contributed by atoms with Gasteiger partial charge in [-0.2, -0.15) is 0 Å². The highest BCUT2D eigenvalue weighted by atomic mass is 127. The highest BCUT2D eigenvalue weighted by molar-refractivity contribution is 14.1. The average Bonchev–Trinajstić information content (AvgIpc) is 2.32. The summed E-state index contributed by atoms with van der Waals surface area (Å²) in [6, 6.07) is 4.07. The Labute approximate surface area is 92.2 Å². The summed E-state index contributed by atoms with van der Waals surface area (Å²) < 4.78 is 4.37. The summed E-state index contributed by atoms with van der Waals surface area (Å²) in [5, 5.41) is 1.17. The number of pyridine rings is 1. The zero-order valence-corrected chi connectivity index (χ0v) is 10.1. The van der Waals surface area contributed by atoms with Gasteiger partial charge in [-0.3, -0.25) is 0 Å². The fraction of sp³-hybridized carbons (Fsp3) is 0.125. The molecule has 0 radical (unpaired) electrons. The van der Waals surface area contributed by atoms with E-state index in [1.54, 1.807) is 0 Å². The number of nitrogens with zero attached hydrogens (tertiary/aromatic N) is 2. The number of aryl methyl sites for hydroxylation is 1. The van der Waals surface area contributed by atoms with Crippen molar-refractivity contribution in [1.29, 1.82) is 0 Å². The van der Waals surface area contributed by atoms with Gasteiger partial charge in [-0.25, -0.2) is 4.98 Å². The Balaban J connectivity index is 2.95. The van der Waals surface area contributed by atoms with Gasteiger partial charge < -0.3 is 4.57 Å². The molecule has 0 spiro atoms. The number of rotatable bonds is 0. The maximum absolute atomic E-state index is 4.29. The van der Waals surface area contributed by atoms with E-state index < -0.39 is 0 Å². The van der Waals surface area contributed by atoms with Gasteiger partial charge in [-0.1, -0.05) is 0 Å². The predicted molar refractivity (Wildman–Crippen MR) is 61.1 cm³/mol. The summed E-state index contributed by atoms with van der Waals surface area (Å²) in [5.41, 5.74) is 1.02. The maximum atomic E-state index is 4.29. The van der Waals surface area contributed by atoms with Crippen LogP contribution in [0.2, 0.25) is 0 Å². The summed E-state index contributed by atoms with van der Waals surface area (Å²) in [4.78, 5) is 4.29. The van der Waals surface area contributed by atoms with Crippen LogP contribution in [0.1, 0.15) is 0 Å². The summed E-state index contributed by atoms with van der Waals surface area (Å²) in [5.74, 6) is 0. The van der Waals surface area contributed by atoms with Crippen LogP contribution >= 0.6 is 38.5 Å². The van der Waals surface area contributed by atoms with Gasteiger partial charge >= 0.3 is 0 Å². The van der Waals surface area contributed by atoms with Crippen LogP contribution in [0.25, 0.3) is 11.0 Å². The van der Waals surface area contributed by atoms with Crippen molar-refractivity contribution in [2.75, 3.05) is 0 Å². The van der Waals surface area contributed by atoms with Crippen molar-refractivity contribution in [2.45, 2.75) is 0 Å². The van der Waals surface area contributed by atoms with Crippen molar-refractivity contribution in [3.63, 3.8) is 0 Å². The molecule has 0 aliphatic heterocycles. The fourth-order valence-electron chi connectivity index (χ4n) is 1.16. The summed E-state index contributed by atoms with van der Waals surface area (Å²) in [7, 11) is 2.02. The second kappa shape index (κ2) is 2.99. The van der Waals surface area contributed by atoms with E-state index in [0.717, 1.165) is 10.1 Å². The van der Waals surface area contributed by atoms with E-state index >= 15 is 0 Å². The monoisotopic (exact) mass is 336 g/mol. The van der Waals surface area contributed by atoms with E-state index in [0.29, 0.717) is 0 Å². The molecule has 0 aliphatic carbocycles. The summed E-state index contributed by atoms with van der Waals surface area (Å²) in [6.45, 7) is 0. The van der Waals surface area contributed by atoms with Gasteiger partial charge in [0.1, 0.15) is 5.65 Å². The molecule has 4 heteroatoms. The van der Waals surface area contributed by atoms with Gasteiger partial charge in [-0.15, -0.1) is 0 Å². The smallest absolute Gasteiger partial charge is 0.141 e. The summed E-state index contributed by atoms with van der Waals surface area (Å²) >= 11 is 5.78. The lowest BCUT2D eigenvalue weighted by atomic mass is 10.3. The van der Waals surface area contributed by atoms with E-state index in [4.69, 9.17) is 0 Å². The molecule has 2 heterocycles. The third kappa shape index (κ3) is 1.17. The minimum atomic E-state index is 1.02. The molecule has 2 nitrogen and oxygen atoms in total. The molecule has 0 fully saturated rings. The Morgan fingerprint density at radius 3 is 3.00 bits per heavy atom. The van der Waals surface area contributed by atoms with E-state index in [-0.39, 0.29) is 0 Å². The number of fused-ring (bicyclic) bond motifs is 1. The van der Waals surface area contributed by atoms with Crippen molar-refractivity contribution in [1.82, 2.24) is 9.55 Å². The molecule has 0 saturated carbocycles. The van der Waals surface area contributed by atoms with Crippen LogP contribution in [0.4, 0.5) is 0 Å². The molecule has 62 valence electrons. The first-order chi connectivity index (χ1) is 5.70. The molecule has 0 atom stereocenters. The average molecular weight is 337 g/mol. The number of halogens is 2. The SMILES string of the molecule is Cn1c(I)cc2c(Br)ccnc21. The van der Waals surface area contributed by atoms with Gasteiger partial charge in [0.15, 0.2) is 0 Å². The Morgan fingerprint density at radius 1 is 1.58 bits per heavy atom. The Bertz CT molecular complexity index is 436. The van der Waals surface area contributed by atoms with E-state index in [1.165, 1.54) is 9.09 Å². The summed E-state index contributed by atoms with van der Waals surface area (Å²) in [6.07, 6.45) is 1.81. The van der Waals surface area contributed by atoms with Crippen LogP contribution in [0, 0.1) is 3.70 Å². The molecule has 2 aromatic rings. The van der Waals surface area contributed by atoms with Crippen molar-refractivity contribution < 1.29 is 0 Å². The third-order valence-electron chi connectivity index (χ3n) is 1.82. The maximum Gasteiger partial charge on any atom is 0.141 e. The molecule has 12 heavy (non-hydrogen) atoms. The largest absolute Gasteiger partial charge is 0.324 e. The molecular weight excluding hydrogens is 331 g/mol. The van der Waals surface area contributed by atoms with E-state index in [9.17, 15) is 0 Å². The lowest BCUT2D eigenvalue weighted by Crippen LogP contribution is -1.90. The first-order valence-electron chi connectivity index (χ1n) is 3.45. The topological polar surface area (TPSA) is 17.8 Å². The molecule has 0 unspecified atom stereocenters. The number of aromatic nitrogens is 2. The van der Waals surface area contributed by atoms with Gasteiger partial charge in [0.2, 0.25) is 0 Å². The van der Waals surface area contributed by atoms with Crippen molar-refractivity contribution in [3.05, 3.63) is 26.5 Å². The molecule has 0 N–H and O–H groups in total. The number of hydrogen-bond donors (Lipinski definition) is 0.